The van der Waals surface area contributed by atoms with Crippen LogP contribution in [0.3, 0.4) is 0 Å². The van der Waals surface area contributed by atoms with Gasteiger partial charge in [-0.1, -0.05) is 19.0 Å². The fraction of sp³-hybridized carbons (Fsp3) is 0.500. The van der Waals surface area contributed by atoms with Gasteiger partial charge in [-0.2, -0.15) is 15.3 Å². The van der Waals surface area contributed by atoms with Crippen LogP contribution in [-0.2, 0) is 6.42 Å². The Morgan fingerprint density at radius 1 is 1.42 bits per heavy atom. The summed E-state index contributed by atoms with van der Waals surface area (Å²) in [4.78, 5) is 6.57. The molecule has 0 bridgehead atoms. The first kappa shape index (κ1) is 13.2. The van der Waals surface area contributed by atoms with E-state index in [9.17, 15) is 0 Å². The highest BCUT2D eigenvalue weighted by atomic mass is 16.5. The van der Waals surface area contributed by atoms with Crippen molar-refractivity contribution in [2.24, 2.45) is 0 Å². The first-order chi connectivity index (χ1) is 9.28. The number of hydrogen-bond acceptors (Lipinski definition) is 6. The second-order valence-electron chi connectivity index (χ2n) is 4.06. The Hall–Kier alpha value is -2.20. The summed E-state index contributed by atoms with van der Waals surface area (Å²) < 4.78 is 5.16. The number of aromatic nitrogens is 4. The van der Waals surface area contributed by atoms with Gasteiger partial charge in [0, 0.05) is 13.0 Å². The maximum atomic E-state index is 8.90. The van der Waals surface area contributed by atoms with Crippen LogP contribution in [-0.4, -0.2) is 44.9 Å². The molecule has 1 N–H and O–H groups in total. The molecule has 2 rings (SSSR count). The number of nitriles is 1. The Bertz CT molecular complexity index is 563. The highest BCUT2D eigenvalue weighted by Crippen LogP contribution is 2.19. The van der Waals surface area contributed by atoms with E-state index in [0.29, 0.717) is 23.0 Å². The molecule has 0 saturated carbocycles. The van der Waals surface area contributed by atoms with Crippen LogP contribution in [0, 0.1) is 11.3 Å². The zero-order chi connectivity index (χ0) is 13.7. The molecule has 7 heteroatoms. The van der Waals surface area contributed by atoms with Crippen LogP contribution in [0.2, 0.25) is 0 Å². The topological polar surface area (TPSA) is 94.6 Å². The third-order valence-electron chi connectivity index (χ3n) is 3.00. The summed E-state index contributed by atoms with van der Waals surface area (Å²) in [7, 11) is 0. The summed E-state index contributed by atoms with van der Waals surface area (Å²) in [5.74, 6) is 0.979. The molecule has 19 heavy (non-hydrogen) atoms. The summed E-state index contributed by atoms with van der Waals surface area (Å²) in [5.41, 5.74) is 0.878. The van der Waals surface area contributed by atoms with Gasteiger partial charge in [-0.05, 0) is 13.1 Å². The molecule has 0 aliphatic rings. The number of aromatic amines is 1. The van der Waals surface area contributed by atoms with Crippen LogP contribution < -0.4 is 0 Å². The van der Waals surface area contributed by atoms with Gasteiger partial charge in [-0.15, -0.1) is 0 Å². The molecule has 0 unspecified atom stereocenters. The molecule has 0 fully saturated rings. The van der Waals surface area contributed by atoms with Crippen LogP contribution in [0.1, 0.15) is 25.4 Å². The summed E-state index contributed by atoms with van der Waals surface area (Å²) >= 11 is 0. The Morgan fingerprint density at radius 2 is 2.21 bits per heavy atom. The maximum absolute atomic E-state index is 8.90. The Kier molecular flexibility index (Phi) is 4.26. The van der Waals surface area contributed by atoms with Crippen molar-refractivity contribution in [2.45, 2.75) is 20.3 Å². The van der Waals surface area contributed by atoms with E-state index in [1.165, 1.54) is 6.20 Å². The van der Waals surface area contributed by atoms with E-state index in [1.54, 1.807) is 0 Å². The predicted octanol–water partition coefficient (Wildman–Crippen LogP) is 1.22. The van der Waals surface area contributed by atoms with Crippen molar-refractivity contribution in [3.8, 4) is 17.5 Å². The highest BCUT2D eigenvalue weighted by Gasteiger charge is 2.15. The van der Waals surface area contributed by atoms with Crippen molar-refractivity contribution >= 4 is 0 Å². The van der Waals surface area contributed by atoms with Crippen molar-refractivity contribution < 1.29 is 4.52 Å². The Morgan fingerprint density at radius 3 is 2.89 bits per heavy atom. The second kappa shape index (κ2) is 6.11. The van der Waals surface area contributed by atoms with Crippen molar-refractivity contribution in [2.75, 3.05) is 19.6 Å². The van der Waals surface area contributed by atoms with Gasteiger partial charge in [0.1, 0.15) is 11.8 Å². The largest absolute Gasteiger partial charge is 0.334 e. The van der Waals surface area contributed by atoms with E-state index in [0.717, 1.165) is 26.1 Å². The van der Waals surface area contributed by atoms with E-state index in [-0.39, 0.29) is 0 Å². The third kappa shape index (κ3) is 2.98. The fourth-order valence-corrected chi connectivity index (χ4v) is 1.80. The fourth-order valence-electron chi connectivity index (χ4n) is 1.80. The standard InChI is InChI=1S/C12H16N6O/c1-3-18(4-2)6-5-11-15-12(19-17-11)9-8-14-16-10(9)7-13/h8H,3-6H2,1-2H3,(H,14,16). The van der Waals surface area contributed by atoms with E-state index >= 15 is 0 Å². The van der Waals surface area contributed by atoms with Crippen LogP contribution in [0.5, 0.6) is 0 Å². The molecule has 0 spiro atoms. The van der Waals surface area contributed by atoms with Gasteiger partial charge in [0.05, 0.1) is 11.8 Å². The third-order valence-corrected chi connectivity index (χ3v) is 3.00. The molecular formula is C12H16N6O. The highest BCUT2D eigenvalue weighted by molar-refractivity contribution is 5.58. The molecule has 0 amide bonds. The van der Waals surface area contributed by atoms with Crippen LogP contribution >= 0.6 is 0 Å². The first-order valence-corrected chi connectivity index (χ1v) is 6.27. The molecule has 0 saturated heterocycles. The maximum Gasteiger partial charge on any atom is 0.262 e. The predicted molar refractivity (Wildman–Crippen MR) is 68.1 cm³/mol. The van der Waals surface area contributed by atoms with Crippen molar-refractivity contribution in [3.05, 3.63) is 17.7 Å². The van der Waals surface area contributed by atoms with Gasteiger partial charge >= 0.3 is 0 Å². The van der Waals surface area contributed by atoms with Crippen LogP contribution in [0.25, 0.3) is 11.5 Å². The number of nitrogens with one attached hydrogen (secondary N) is 1. The van der Waals surface area contributed by atoms with Gasteiger partial charge in [0.2, 0.25) is 0 Å². The lowest BCUT2D eigenvalue weighted by molar-refractivity contribution is 0.303. The van der Waals surface area contributed by atoms with Gasteiger partial charge in [-0.25, -0.2) is 0 Å². The molecule has 0 aliphatic carbocycles. The Labute approximate surface area is 111 Å². The summed E-state index contributed by atoms with van der Waals surface area (Å²) in [5, 5.41) is 19.2. The lowest BCUT2D eigenvalue weighted by Gasteiger charge is -2.16. The van der Waals surface area contributed by atoms with E-state index < -0.39 is 0 Å². The molecule has 2 aromatic heterocycles. The summed E-state index contributed by atoms with van der Waals surface area (Å²) in [6.45, 7) is 7.14. The smallest absolute Gasteiger partial charge is 0.262 e. The molecule has 2 heterocycles. The lowest BCUT2D eigenvalue weighted by Crippen LogP contribution is -2.25. The normalized spacial score (nSPS) is 10.8. The monoisotopic (exact) mass is 260 g/mol. The molecule has 0 aliphatic heterocycles. The molecule has 0 aromatic carbocycles. The van der Waals surface area contributed by atoms with Crippen LogP contribution in [0.4, 0.5) is 0 Å². The number of rotatable bonds is 6. The minimum Gasteiger partial charge on any atom is -0.334 e. The minimum absolute atomic E-state index is 0.332. The zero-order valence-corrected chi connectivity index (χ0v) is 11.1. The lowest BCUT2D eigenvalue weighted by atomic mass is 10.2. The minimum atomic E-state index is 0.332. The molecule has 2 aromatic rings. The number of H-pyrrole nitrogens is 1. The Balaban J connectivity index is 2.06. The second-order valence-corrected chi connectivity index (χ2v) is 4.06. The quantitative estimate of drug-likeness (QED) is 0.839. The van der Waals surface area contributed by atoms with E-state index in [2.05, 4.69) is 39.1 Å². The summed E-state index contributed by atoms with van der Waals surface area (Å²) in [6.07, 6.45) is 2.24. The van der Waals surface area contributed by atoms with Crippen LogP contribution in [0.15, 0.2) is 10.7 Å². The van der Waals surface area contributed by atoms with Crippen molar-refractivity contribution in [3.63, 3.8) is 0 Å². The average Bonchev–Trinajstić information content (AvgIpc) is 3.07. The van der Waals surface area contributed by atoms with Gasteiger partial charge in [-0.3, -0.25) is 5.10 Å². The zero-order valence-electron chi connectivity index (χ0n) is 11.1. The first-order valence-electron chi connectivity index (χ1n) is 6.27. The molecule has 7 nitrogen and oxygen atoms in total. The van der Waals surface area contributed by atoms with Crippen molar-refractivity contribution in [1.82, 2.24) is 25.2 Å². The van der Waals surface area contributed by atoms with E-state index in [1.807, 2.05) is 6.07 Å². The van der Waals surface area contributed by atoms with Gasteiger partial charge in [0.25, 0.3) is 5.89 Å². The molecule has 0 atom stereocenters. The van der Waals surface area contributed by atoms with Gasteiger partial charge in [0.15, 0.2) is 5.82 Å². The van der Waals surface area contributed by atoms with E-state index in [4.69, 9.17) is 9.78 Å². The summed E-state index contributed by atoms with van der Waals surface area (Å²) in [6, 6.07) is 2.00. The van der Waals surface area contributed by atoms with Gasteiger partial charge < -0.3 is 9.42 Å². The molecular weight excluding hydrogens is 244 g/mol. The molecule has 100 valence electrons. The number of nitrogens with zero attached hydrogens (tertiary/aromatic N) is 5. The average molecular weight is 260 g/mol. The number of hydrogen-bond donors (Lipinski definition) is 1. The number of likely N-dealkylation sites (N-methyl/N-ethyl adjacent to an activating group) is 1. The SMILES string of the molecule is CCN(CC)CCc1noc(-c2cn[nH]c2C#N)n1. The molecule has 0 radical (unpaired) electrons. The van der Waals surface area contributed by atoms with Crippen molar-refractivity contribution in [1.29, 1.82) is 5.26 Å².